The summed E-state index contributed by atoms with van der Waals surface area (Å²) in [7, 11) is 0. The molecular weight excluding hydrogens is 364 g/mol. The van der Waals surface area contributed by atoms with Crippen molar-refractivity contribution < 1.29 is 14.3 Å². The summed E-state index contributed by atoms with van der Waals surface area (Å²) >= 11 is 0. The summed E-state index contributed by atoms with van der Waals surface area (Å²) < 4.78 is 5.64. The van der Waals surface area contributed by atoms with Crippen LogP contribution < -0.4 is 5.32 Å². The molecule has 5 heteroatoms. The van der Waals surface area contributed by atoms with Crippen LogP contribution in [0.5, 0.6) is 0 Å². The van der Waals surface area contributed by atoms with E-state index in [4.69, 9.17) is 4.74 Å². The van der Waals surface area contributed by atoms with Gasteiger partial charge in [0.15, 0.2) is 0 Å². The lowest BCUT2D eigenvalue weighted by Gasteiger charge is -2.32. The second-order valence-corrected chi connectivity index (χ2v) is 7.45. The Morgan fingerprint density at radius 1 is 1.10 bits per heavy atom. The molecule has 3 rings (SSSR count). The number of hydrogen-bond acceptors (Lipinski definition) is 3. The van der Waals surface area contributed by atoms with E-state index in [0.29, 0.717) is 19.5 Å². The maximum Gasteiger partial charge on any atom is 0.247 e. The molecule has 1 saturated heterocycles. The highest BCUT2D eigenvalue weighted by atomic mass is 16.5. The van der Waals surface area contributed by atoms with Gasteiger partial charge in [0.05, 0.1) is 6.10 Å². The standard InChI is InChI=1S/C24H30N2O3/c1-2-10-22(27)26(18-19-11-5-3-6-12-19)23(20-13-7-4-8-14-20)24(28)25-17-21-15-9-16-29-21/h3-8,11-14,21,23H,2,9-10,15-18H2,1H3,(H,25,28)/t21-,23+/m0/s1. The Bertz CT molecular complexity index is 773. The molecule has 2 amide bonds. The summed E-state index contributed by atoms with van der Waals surface area (Å²) in [6, 6.07) is 18.7. The molecule has 1 heterocycles. The van der Waals surface area contributed by atoms with Crippen LogP contribution in [0.2, 0.25) is 0 Å². The fourth-order valence-corrected chi connectivity index (χ4v) is 3.69. The van der Waals surface area contributed by atoms with E-state index < -0.39 is 6.04 Å². The first-order valence-electron chi connectivity index (χ1n) is 10.5. The van der Waals surface area contributed by atoms with Crippen LogP contribution in [-0.2, 0) is 20.9 Å². The van der Waals surface area contributed by atoms with Crippen LogP contribution in [0.1, 0.15) is 49.8 Å². The van der Waals surface area contributed by atoms with Gasteiger partial charge >= 0.3 is 0 Å². The first-order chi connectivity index (χ1) is 14.2. The zero-order chi connectivity index (χ0) is 20.5. The molecule has 0 aromatic heterocycles. The van der Waals surface area contributed by atoms with Gasteiger partial charge in [-0.1, -0.05) is 67.6 Å². The smallest absolute Gasteiger partial charge is 0.247 e. The van der Waals surface area contributed by atoms with Crippen LogP contribution in [-0.4, -0.2) is 36.0 Å². The quantitative estimate of drug-likeness (QED) is 0.703. The molecule has 0 spiro atoms. The van der Waals surface area contributed by atoms with E-state index in [1.54, 1.807) is 4.90 Å². The van der Waals surface area contributed by atoms with Crippen molar-refractivity contribution in [3.63, 3.8) is 0 Å². The summed E-state index contributed by atoms with van der Waals surface area (Å²) in [4.78, 5) is 28.0. The Morgan fingerprint density at radius 2 is 1.79 bits per heavy atom. The molecule has 1 aliphatic heterocycles. The van der Waals surface area contributed by atoms with Gasteiger partial charge in [0, 0.05) is 26.1 Å². The lowest BCUT2D eigenvalue weighted by Crippen LogP contribution is -2.45. The van der Waals surface area contributed by atoms with Crippen molar-refractivity contribution in [2.45, 2.75) is 51.3 Å². The van der Waals surface area contributed by atoms with Crippen molar-refractivity contribution in [2.24, 2.45) is 0 Å². The highest BCUT2D eigenvalue weighted by Gasteiger charge is 2.31. The molecule has 0 bridgehead atoms. The van der Waals surface area contributed by atoms with E-state index in [0.717, 1.165) is 37.0 Å². The van der Waals surface area contributed by atoms with Crippen LogP contribution in [0.4, 0.5) is 0 Å². The minimum absolute atomic E-state index is 0.0162. The van der Waals surface area contributed by atoms with Crippen molar-refractivity contribution in [1.82, 2.24) is 10.2 Å². The van der Waals surface area contributed by atoms with Gasteiger partial charge in [-0.15, -0.1) is 0 Å². The molecule has 5 nitrogen and oxygen atoms in total. The summed E-state index contributed by atoms with van der Waals surface area (Å²) in [5.74, 6) is -0.176. The maximum absolute atomic E-state index is 13.3. The van der Waals surface area contributed by atoms with Crippen molar-refractivity contribution in [3.8, 4) is 0 Å². The number of carbonyl (C=O) groups excluding carboxylic acids is 2. The Kier molecular flexibility index (Phi) is 7.82. The van der Waals surface area contributed by atoms with E-state index in [9.17, 15) is 9.59 Å². The number of hydrogen-bond donors (Lipinski definition) is 1. The molecule has 0 radical (unpaired) electrons. The van der Waals surface area contributed by atoms with Crippen molar-refractivity contribution in [3.05, 3.63) is 71.8 Å². The van der Waals surface area contributed by atoms with Crippen LogP contribution >= 0.6 is 0 Å². The SMILES string of the molecule is CCCC(=O)N(Cc1ccccc1)[C@@H](C(=O)NC[C@@H]1CCCO1)c1ccccc1. The van der Waals surface area contributed by atoms with Gasteiger partial charge in [0.25, 0.3) is 0 Å². The Hall–Kier alpha value is -2.66. The first-order valence-corrected chi connectivity index (χ1v) is 10.5. The van der Waals surface area contributed by atoms with E-state index in [2.05, 4.69) is 5.32 Å². The lowest BCUT2D eigenvalue weighted by atomic mass is 10.0. The normalized spacial score (nSPS) is 16.9. The van der Waals surface area contributed by atoms with Gasteiger partial charge < -0.3 is 15.0 Å². The second-order valence-electron chi connectivity index (χ2n) is 7.45. The van der Waals surface area contributed by atoms with Crippen LogP contribution in [0.3, 0.4) is 0 Å². The molecule has 0 saturated carbocycles. The van der Waals surface area contributed by atoms with Crippen LogP contribution in [0.25, 0.3) is 0 Å². The molecular formula is C24H30N2O3. The number of amides is 2. The minimum Gasteiger partial charge on any atom is -0.376 e. The fraction of sp³-hybridized carbons (Fsp3) is 0.417. The topological polar surface area (TPSA) is 58.6 Å². The molecule has 2 aromatic rings. The molecule has 0 aliphatic carbocycles. The zero-order valence-electron chi connectivity index (χ0n) is 17.0. The monoisotopic (exact) mass is 394 g/mol. The first kappa shape index (κ1) is 21.1. The minimum atomic E-state index is -0.670. The summed E-state index contributed by atoms with van der Waals surface area (Å²) in [6.07, 6.45) is 3.19. The maximum atomic E-state index is 13.3. The number of benzene rings is 2. The highest BCUT2D eigenvalue weighted by Crippen LogP contribution is 2.25. The van der Waals surface area contributed by atoms with Crippen LogP contribution in [0, 0.1) is 0 Å². The van der Waals surface area contributed by atoms with Crippen molar-refractivity contribution in [1.29, 1.82) is 0 Å². The average molecular weight is 395 g/mol. The average Bonchev–Trinajstić information content (AvgIpc) is 3.27. The number of ether oxygens (including phenoxy) is 1. The summed E-state index contributed by atoms with van der Waals surface area (Å²) in [6.45, 7) is 3.60. The summed E-state index contributed by atoms with van der Waals surface area (Å²) in [5, 5.41) is 3.03. The Balaban J connectivity index is 1.86. The zero-order valence-corrected chi connectivity index (χ0v) is 17.0. The number of carbonyl (C=O) groups is 2. The van der Waals surface area contributed by atoms with Crippen LogP contribution in [0.15, 0.2) is 60.7 Å². The Labute approximate surface area is 173 Å². The van der Waals surface area contributed by atoms with E-state index in [1.165, 1.54) is 0 Å². The van der Waals surface area contributed by atoms with Gasteiger partial charge in [-0.05, 0) is 30.4 Å². The van der Waals surface area contributed by atoms with Crippen molar-refractivity contribution in [2.75, 3.05) is 13.2 Å². The lowest BCUT2D eigenvalue weighted by molar-refractivity contribution is -0.141. The molecule has 1 fully saturated rings. The molecule has 154 valence electrons. The van der Waals surface area contributed by atoms with Crippen molar-refractivity contribution >= 4 is 11.8 Å². The van der Waals surface area contributed by atoms with Gasteiger partial charge in [-0.25, -0.2) is 0 Å². The van der Waals surface area contributed by atoms with E-state index >= 15 is 0 Å². The number of nitrogens with zero attached hydrogens (tertiary/aromatic N) is 1. The molecule has 0 unspecified atom stereocenters. The van der Waals surface area contributed by atoms with E-state index in [1.807, 2.05) is 67.6 Å². The van der Waals surface area contributed by atoms with Gasteiger partial charge in [0.2, 0.25) is 11.8 Å². The third-order valence-corrected chi connectivity index (χ3v) is 5.18. The third kappa shape index (κ3) is 5.91. The predicted molar refractivity (Wildman–Crippen MR) is 113 cm³/mol. The molecule has 2 atom stereocenters. The predicted octanol–water partition coefficient (Wildman–Crippen LogP) is 3.85. The molecule has 1 N–H and O–H groups in total. The number of rotatable bonds is 9. The molecule has 29 heavy (non-hydrogen) atoms. The highest BCUT2D eigenvalue weighted by molar-refractivity contribution is 5.88. The second kappa shape index (κ2) is 10.8. The van der Waals surface area contributed by atoms with Gasteiger partial charge in [-0.2, -0.15) is 0 Å². The molecule has 1 aliphatic rings. The van der Waals surface area contributed by atoms with E-state index in [-0.39, 0.29) is 17.9 Å². The van der Waals surface area contributed by atoms with Gasteiger partial charge in [-0.3, -0.25) is 9.59 Å². The third-order valence-electron chi connectivity index (χ3n) is 5.18. The van der Waals surface area contributed by atoms with Gasteiger partial charge in [0.1, 0.15) is 6.04 Å². The fourth-order valence-electron chi connectivity index (χ4n) is 3.69. The summed E-state index contributed by atoms with van der Waals surface area (Å²) in [5.41, 5.74) is 1.82. The Morgan fingerprint density at radius 3 is 2.41 bits per heavy atom. The molecule has 2 aromatic carbocycles. The number of nitrogens with one attached hydrogen (secondary N) is 1. The largest absolute Gasteiger partial charge is 0.376 e.